The molecule has 0 bridgehead atoms. The summed E-state index contributed by atoms with van der Waals surface area (Å²) in [5.74, 6) is -0.800. The van der Waals surface area contributed by atoms with E-state index in [1.807, 2.05) is 38.1 Å². The number of aliphatic carboxylic acids is 1. The Morgan fingerprint density at radius 2 is 2.06 bits per heavy atom. The molecule has 0 spiro atoms. The predicted octanol–water partition coefficient (Wildman–Crippen LogP) is 2.85. The largest absolute Gasteiger partial charge is 0.481 e. The summed E-state index contributed by atoms with van der Waals surface area (Å²) in [6.45, 7) is 3.82. The maximum absolute atomic E-state index is 10.5. The van der Waals surface area contributed by atoms with Crippen molar-refractivity contribution in [2.75, 3.05) is 0 Å². The van der Waals surface area contributed by atoms with Crippen molar-refractivity contribution in [2.24, 2.45) is 0 Å². The van der Waals surface area contributed by atoms with Crippen molar-refractivity contribution < 1.29 is 9.90 Å². The van der Waals surface area contributed by atoms with Gasteiger partial charge in [-0.25, -0.2) is 0 Å². The number of carbonyl (C=O) groups is 1. The molecular weight excluding hydrogens is 226 g/mol. The maximum atomic E-state index is 10.5. The van der Waals surface area contributed by atoms with Crippen LogP contribution < -0.4 is 5.32 Å². The standard InChI is InChI=1S/C12H16ClNO2/c1-8(7-12(15)16)14-9(2)10-5-3-4-6-11(10)13/h3-6,8-9,14H,7H2,1-2H3,(H,15,16)/t8-,9?/m0/s1. The molecule has 3 nitrogen and oxygen atoms in total. The summed E-state index contributed by atoms with van der Waals surface area (Å²) in [6, 6.07) is 7.53. The maximum Gasteiger partial charge on any atom is 0.304 e. The van der Waals surface area contributed by atoms with Crippen LogP contribution >= 0.6 is 11.6 Å². The first kappa shape index (κ1) is 13.0. The van der Waals surface area contributed by atoms with Crippen LogP contribution in [0.3, 0.4) is 0 Å². The number of nitrogens with one attached hydrogen (secondary N) is 1. The summed E-state index contributed by atoms with van der Waals surface area (Å²) in [4.78, 5) is 10.5. The number of carboxylic acid groups (broad SMARTS) is 1. The molecule has 0 saturated heterocycles. The Bertz CT molecular complexity index is 368. The Balaban J connectivity index is 2.62. The van der Waals surface area contributed by atoms with E-state index < -0.39 is 5.97 Å². The Kier molecular flexibility index (Phi) is 4.77. The number of carboxylic acids is 1. The van der Waals surface area contributed by atoms with Gasteiger partial charge in [0.2, 0.25) is 0 Å². The highest BCUT2D eigenvalue weighted by Gasteiger charge is 2.13. The van der Waals surface area contributed by atoms with Crippen LogP contribution in [0.4, 0.5) is 0 Å². The second-order valence-electron chi connectivity index (χ2n) is 3.91. The van der Waals surface area contributed by atoms with Crippen LogP contribution in [-0.4, -0.2) is 17.1 Å². The van der Waals surface area contributed by atoms with E-state index in [-0.39, 0.29) is 18.5 Å². The van der Waals surface area contributed by atoms with Crippen LogP contribution in [0.25, 0.3) is 0 Å². The van der Waals surface area contributed by atoms with E-state index >= 15 is 0 Å². The van der Waals surface area contributed by atoms with Crippen molar-refractivity contribution in [3.8, 4) is 0 Å². The van der Waals surface area contributed by atoms with E-state index in [2.05, 4.69) is 5.32 Å². The second-order valence-corrected chi connectivity index (χ2v) is 4.32. The quantitative estimate of drug-likeness (QED) is 0.834. The lowest BCUT2D eigenvalue weighted by Crippen LogP contribution is -2.31. The lowest BCUT2D eigenvalue weighted by molar-refractivity contribution is -0.137. The fraction of sp³-hybridized carbons (Fsp3) is 0.417. The molecule has 0 aromatic heterocycles. The molecule has 0 aliphatic heterocycles. The number of hydrogen-bond donors (Lipinski definition) is 2. The number of rotatable bonds is 5. The summed E-state index contributed by atoms with van der Waals surface area (Å²) >= 11 is 6.05. The first-order valence-corrected chi connectivity index (χ1v) is 5.60. The van der Waals surface area contributed by atoms with Gasteiger partial charge < -0.3 is 10.4 Å². The van der Waals surface area contributed by atoms with Gasteiger partial charge in [0, 0.05) is 17.1 Å². The molecule has 88 valence electrons. The van der Waals surface area contributed by atoms with Crippen LogP contribution in [0.5, 0.6) is 0 Å². The average Bonchev–Trinajstić information content (AvgIpc) is 2.16. The molecule has 1 aromatic rings. The highest BCUT2D eigenvalue weighted by molar-refractivity contribution is 6.31. The Morgan fingerprint density at radius 1 is 1.44 bits per heavy atom. The molecule has 1 rings (SSSR count). The van der Waals surface area contributed by atoms with Crippen LogP contribution in [0, 0.1) is 0 Å². The lowest BCUT2D eigenvalue weighted by atomic mass is 10.1. The van der Waals surface area contributed by atoms with Gasteiger partial charge in [-0.3, -0.25) is 4.79 Å². The smallest absolute Gasteiger partial charge is 0.304 e. The van der Waals surface area contributed by atoms with Crippen molar-refractivity contribution in [1.29, 1.82) is 0 Å². The van der Waals surface area contributed by atoms with Gasteiger partial charge in [0.25, 0.3) is 0 Å². The minimum absolute atomic E-state index is 0.0445. The van der Waals surface area contributed by atoms with E-state index in [0.29, 0.717) is 5.02 Å². The van der Waals surface area contributed by atoms with Crippen molar-refractivity contribution in [2.45, 2.75) is 32.4 Å². The van der Waals surface area contributed by atoms with Gasteiger partial charge in [-0.1, -0.05) is 29.8 Å². The van der Waals surface area contributed by atoms with E-state index in [4.69, 9.17) is 16.7 Å². The molecule has 0 radical (unpaired) electrons. The lowest BCUT2D eigenvalue weighted by Gasteiger charge is -2.19. The van der Waals surface area contributed by atoms with Crippen molar-refractivity contribution in [3.05, 3.63) is 34.9 Å². The Hall–Kier alpha value is -1.06. The van der Waals surface area contributed by atoms with E-state index in [1.54, 1.807) is 0 Å². The molecule has 0 fully saturated rings. The van der Waals surface area contributed by atoms with Gasteiger partial charge in [-0.2, -0.15) is 0 Å². The van der Waals surface area contributed by atoms with Crippen LogP contribution in [0.2, 0.25) is 5.02 Å². The highest BCUT2D eigenvalue weighted by Crippen LogP contribution is 2.22. The first-order valence-electron chi connectivity index (χ1n) is 5.23. The Labute approximate surface area is 100 Å². The number of halogens is 1. The monoisotopic (exact) mass is 241 g/mol. The summed E-state index contributed by atoms with van der Waals surface area (Å²) in [5.41, 5.74) is 0.987. The van der Waals surface area contributed by atoms with E-state index in [1.165, 1.54) is 0 Å². The highest BCUT2D eigenvalue weighted by atomic mass is 35.5. The zero-order chi connectivity index (χ0) is 12.1. The van der Waals surface area contributed by atoms with Gasteiger partial charge in [0.15, 0.2) is 0 Å². The summed E-state index contributed by atoms with van der Waals surface area (Å²) in [5, 5.41) is 12.6. The minimum Gasteiger partial charge on any atom is -0.481 e. The molecule has 2 N–H and O–H groups in total. The van der Waals surface area contributed by atoms with Crippen molar-refractivity contribution in [1.82, 2.24) is 5.32 Å². The number of benzene rings is 1. The van der Waals surface area contributed by atoms with E-state index in [9.17, 15) is 4.79 Å². The normalized spacial score (nSPS) is 14.4. The zero-order valence-corrected chi connectivity index (χ0v) is 10.2. The third-order valence-electron chi connectivity index (χ3n) is 2.39. The molecule has 0 aliphatic carbocycles. The third-order valence-corrected chi connectivity index (χ3v) is 2.73. The van der Waals surface area contributed by atoms with Crippen LogP contribution in [0.1, 0.15) is 31.9 Å². The molecule has 1 unspecified atom stereocenters. The topological polar surface area (TPSA) is 49.3 Å². The fourth-order valence-electron chi connectivity index (χ4n) is 1.66. The first-order chi connectivity index (χ1) is 7.50. The molecule has 0 aliphatic rings. The minimum atomic E-state index is -0.800. The molecule has 2 atom stereocenters. The summed E-state index contributed by atoms with van der Waals surface area (Å²) in [7, 11) is 0. The van der Waals surface area contributed by atoms with Gasteiger partial charge in [-0.15, -0.1) is 0 Å². The molecule has 16 heavy (non-hydrogen) atoms. The molecule has 0 heterocycles. The third kappa shape index (κ3) is 3.83. The Morgan fingerprint density at radius 3 is 2.62 bits per heavy atom. The molecule has 1 aromatic carbocycles. The van der Waals surface area contributed by atoms with Gasteiger partial charge in [0.1, 0.15) is 0 Å². The van der Waals surface area contributed by atoms with Gasteiger partial charge in [0.05, 0.1) is 6.42 Å². The van der Waals surface area contributed by atoms with Crippen LogP contribution in [-0.2, 0) is 4.79 Å². The summed E-state index contributed by atoms with van der Waals surface area (Å²) < 4.78 is 0. The molecular formula is C12H16ClNO2. The zero-order valence-electron chi connectivity index (χ0n) is 9.40. The van der Waals surface area contributed by atoms with Gasteiger partial charge in [-0.05, 0) is 25.5 Å². The van der Waals surface area contributed by atoms with Crippen molar-refractivity contribution in [3.63, 3.8) is 0 Å². The molecule has 4 heteroatoms. The number of hydrogen-bond acceptors (Lipinski definition) is 2. The molecule has 0 amide bonds. The summed E-state index contributed by atoms with van der Waals surface area (Å²) in [6.07, 6.45) is 0.106. The predicted molar refractivity (Wildman–Crippen MR) is 64.7 cm³/mol. The van der Waals surface area contributed by atoms with Gasteiger partial charge >= 0.3 is 5.97 Å². The fourth-order valence-corrected chi connectivity index (χ4v) is 1.96. The molecule has 0 saturated carbocycles. The second kappa shape index (κ2) is 5.87. The van der Waals surface area contributed by atoms with Crippen molar-refractivity contribution >= 4 is 17.6 Å². The van der Waals surface area contributed by atoms with Crippen LogP contribution in [0.15, 0.2) is 24.3 Å². The SMILES string of the molecule is CC(N[C@@H](C)CC(=O)O)c1ccccc1Cl. The average molecular weight is 242 g/mol. The van der Waals surface area contributed by atoms with E-state index in [0.717, 1.165) is 5.56 Å².